The molecule has 0 unspecified atom stereocenters. The second-order valence-corrected chi connectivity index (χ2v) is 7.55. The predicted octanol–water partition coefficient (Wildman–Crippen LogP) is 6.48. The molecule has 0 aliphatic heterocycles. The molecule has 1 N–H and O–H groups in total. The molecule has 180 valence electrons. The highest BCUT2D eigenvalue weighted by molar-refractivity contribution is 9.10. The van der Waals surface area contributed by atoms with E-state index in [9.17, 15) is 30.7 Å². The Morgan fingerprint density at radius 1 is 1.06 bits per heavy atom. The van der Waals surface area contributed by atoms with E-state index in [1.54, 1.807) is 0 Å². The fourth-order valence-corrected chi connectivity index (χ4v) is 2.82. The molecule has 33 heavy (non-hydrogen) atoms. The quantitative estimate of drug-likeness (QED) is 0.123. The Kier molecular flexibility index (Phi) is 8.39. The van der Waals surface area contributed by atoms with Crippen molar-refractivity contribution in [3.8, 4) is 11.5 Å². The molecular formula is C21H18BrF7N2O2. The third kappa shape index (κ3) is 6.40. The fraction of sp³-hybridized carbons (Fsp3) is 0.286. The molecular weight excluding hydrogens is 525 g/mol. The first kappa shape index (κ1) is 26.5. The van der Waals surface area contributed by atoms with E-state index in [1.165, 1.54) is 25.3 Å². The van der Waals surface area contributed by atoms with Crippen LogP contribution in [-0.4, -0.2) is 31.5 Å². The number of allylic oxidation sites excluding steroid dienone is 1. The average molecular weight is 543 g/mol. The molecule has 2 aromatic rings. The number of halogens is 8. The molecule has 0 atom stereocenters. The summed E-state index contributed by atoms with van der Waals surface area (Å²) in [4.78, 5) is 0. The van der Waals surface area contributed by atoms with Gasteiger partial charge >= 0.3 is 18.1 Å². The fourth-order valence-electron chi connectivity index (χ4n) is 2.55. The molecule has 0 heterocycles. The van der Waals surface area contributed by atoms with E-state index in [-0.39, 0.29) is 24.3 Å². The molecule has 0 aromatic heterocycles. The van der Waals surface area contributed by atoms with Gasteiger partial charge in [0.25, 0.3) is 0 Å². The van der Waals surface area contributed by atoms with Gasteiger partial charge in [0.2, 0.25) is 0 Å². The Balaban J connectivity index is 2.27. The van der Waals surface area contributed by atoms with Crippen molar-refractivity contribution in [1.29, 1.82) is 0 Å². The molecule has 0 saturated carbocycles. The molecule has 0 aliphatic rings. The summed E-state index contributed by atoms with van der Waals surface area (Å²) in [5, 5.41) is 2.87. The van der Waals surface area contributed by atoms with Gasteiger partial charge in [0, 0.05) is 10.0 Å². The summed E-state index contributed by atoms with van der Waals surface area (Å²) < 4.78 is 101. The summed E-state index contributed by atoms with van der Waals surface area (Å²) in [6.07, 6.45) is -4.02. The van der Waals surface area contributed by atoms with E-state index in [0.29, 0.717) is 23.0 Å². The Morgan fingerprint density at radius 2 is 1.70 bits per heavy atom. The van der Waals surface area contributed by atoms with Gasteiger partial charge in [-0.1, -0.05) is 34.1 Å². The monoisotopic (exact) mass is 542 g/mol. The zero-order valence-corrected chi connectivity index (χ0v) is 18.6. The lowest BCUT2D eigenvalue weighted by Gasteiger charge is -2.27. The van der Waals surface area contributed by atoms with Crippen molar-refractivity contribution in [3.63, 3.8) is 0 Å². The number of methoxy groups -OCH3 is 1. The van der Waals surface area contributed by atoms with Crippen LogP contribution in [0.4, 0.5) is 30.7 Å². The standard InChI is InChI=1S/C21H18BrF7N2O2/c1-3-4-15-9-14(11-30-31-21(28,29)19(23,24)20(25,26)27)10-17(32-2)18(15)33-12-13-5-7-16(22)8-6-13/h3,5-11,31H,1,4,12H2,2H3/b30-11+. The summed E-state index contributed by atoms with van der Waals surface area (Å²) in [5.41, 5.74) is 2.00. The van der Waals surface area contributed by atoms with Crippen molar-refractivity contribution >= 4 is 22.1 Å². The summed E-state index contributed by atoms with van der Waals surface area (Å²) in [6, 6.07) is 4.36. The molecule has 2 rings (SSSR count). The van der Waals surface area contributed by atoms with E-state index < -0.39 is 18.1 Å². The molecule has 0 fully saturated rings. The number of hydrogen-bond acceptors (Lipinski definition) is 4. The molecule has 0 radical (unpaired) electrons. The molecule has 0 amide bonds. The van der Waals surface area contributed by atoms with Crippen LogP contribution in [0.3, 0.4) is 0 Å². The van der Waals surface area contributed by atoms with Crippen LogP contribution >= 0.6 is 15.9 Å². The van der Waals surface area contributed by atoms with Crippen LogP contribution in [0.25, 0.3) is 0 Å². The Morgan fingerprint density at radius 3 is 2.24 bits per heavy atom. The number of alkyl halides is 7. The lowest BCUT2D eigenvalue weighted by Crippen LogP contribution is -2.58. The minimum Gasteiger partial charge on any atom is -0.493 e. The Hall–Kier alpha value is -2.76. The largest absolute Gasteiger partial charge is 0.493 e. The van der Waals surface area contributed by atoms with Gasteiger partial charge < -0.3 is 9.47 Å². The summed E-state index contributed by atoms with van der Waals surface area (Å²) >= 11 is 3.32. The SMILES string of the molecule is C=CCc1cc(/C=N/NC(F)(F)C(F)(F)C(F)(F)F)cc(OC)c1OCc1ccc(Br)cc1. The molecule has 0 saturated heterocycles. The van der Waals surface area contributed by atoms with Gasteiger partial charge in [-0.2, -0.15) is 35.8 Å². The van der Waals surface area contributed by atoms with E-state index in [1.807, 2.05) is 24.3 Å². The van der Waals surface area contributed by atoms with Crippen LogP contribution in [0.5, 0.6) is 11.5 Å². The van der Waals surface area contributed by atoms with Crippen LogP contribution in [0.15, 0.2) is 58.6 Å². The highest BCUT2D eigenvalue weighted by Gasteiger charge is 2.73. The normalized spacial score (nSPS) is 12.6. The van der Waals surface area contributed by atoms with Crippen molar-refractivity contribution in [2.24, 2.45) is 5.10 Å². The maximum atomic E-state index is 13.3. The summed E-state index contributed by atoms with van der Waals surface area (Å²) in [6.45, 7) is 3.79. The number of benzene rings is 2. The minimum atomic E-state index is -6.47. The molecule has 0 aliphatic carbocycles. The predicted molar refractivity (Wildman–Crippen MR) is 112 cm³/mol. The van der Waals surface area contributed by atoms with Crippen LogP contribution < -0.4 is 14.9 Å². The topological polar surface area (TPSA) is 42.9 Å². The number of hydrogen-bond donors (Lipinski definition) is 1. The lowest BCUT2D eigenvalue weighted by atomic mass is 10.1. The highest BCUT2D eigenvalue weighted by atomic mass is 79.9. The van der Waals surface area contributed by atoms with E-state index in [4.69, 9.17) is 9.47 Å². The zero-order valence-electron chi connectivity index (χ0n) is 17.0. The van der Waals surface area contributed by atoms with Gasteiger partial charge in [0.05, 0.1) is 13.3 Å². The summed E-state index contributed by atoms with van der Waals surface area (Å²) in [5.74, 6) is -5.84. The lowest BCUT2D eigenvalue weighted by molar-refractivity contribution is -0.361. The molecule has 0 spiro atoms. The number of nitrogens with zero attached hydrogens (tertiary/aromatic N) is 1. The van der Waals surface area contributed by atoms with E-state index >= 15 is 0 Å². The zero-order chi connectivity index (χ0) is 24.9. The number of nitrogens with one attached hydrogen (secondary N) is 1. The molecule has 0 bridgehead atoms. The second-order valence-electron chi connectivity index (χ2n) is 6.64. The van der Waals surface area contributed by atoms with Gasteiger partial charge in [0.1, 0.15) is 6.61 Å². The van der Waals surface area contributed by atoms with Crippen LogP contribution in [0.2, 0.25) is 0 Å². The van der Waals surface area contributed by atoms with Gasteiger partial charge in [-0.3, -0.25) is 0 Å². The average Bonchev–Trinajstić information content (AvgIpc) is 2.73. The van der Waals surface area contributed by atoms with Crippen molar-refractivity contribution in [3.05, 3.63) is 70.2 Å². The van der Waals surface area contributed by atoms with E-state index in [2.05, 4.69) is 27.6 Å². The van der Waals surface area contributed by atoms with Gasteiger partial charge in [-0.25, -0.2) is 5.43 Å². The third-order valence-corrected chi connectivity index (χ3v) is 4.73. The van der Waals surface area contributed by atoms with Crippen molar-refractivity contribution < 1.29 is 40.2 Å². The van der Waals surface area contributed by atoms with Gasteiger partial charge in [0.15, 0.2) is 11.5 Å². The first-order valence-electron chi connectivity index (χ1n) is 9.14. The van der Waals surface area contributed by atoms with E-state index in [0.717, 1.165) is 10.0 Å². The smallest absolute Gasteiger partial charge is 0.462 e. The Labute approximate surface area is 193 Å². The van der Waals surface area contributed by atoms with Crippen molar-refractivity contribution in [2.75, 3.05) is 7.11 Å². The van der Waals surface area contributed by atoms with Crippen LogP contribution in [-0.2, 0) is 13.0 Å². The maximum Gasteiger partial charge on any atom is 0.462 e. The minimum absolute atomic E-state index is 0.0818. The maximum absolute atomic E-state index is 13.3. The van der Waals surface area contributed by atoms with Crippen LogP contribution in [0, 0.1) is 0 Å². The van der Waals surface area contributed by atoms with Gasteiger partial charge in [-0.05, 0) is 41.8 Å². The first-order chi connectivity index (χ1) is 15.3. The van der Waals surface area contributed by atoms with Crippen LogP contribution in [0.1, 0.15) is 16.7 Å². The number of hydrazone groups is 1. The Bertz CT molecular complexity index is 993. The van der Waals surface area contributed by atoms with Crippen molar-refractivity contribution in [2.45, 2.75) is 31.2 Å². The first-order valence-corrected chi connectivity index (χ1v) is 9.93. The van der Waals surface area contributed by atoms with Gasteiger partial charge in [-0.15, -0.1) is 6.58 Å². The highest BCUT2D eigenvalue weighted by Crippen LogP contribution is 2.45. The molecule has 12 heteroatoms. The molecule has 4 nitrogen and oxygen atoms in total. The van der Waals surface area contributed by atoms with Crippen molar-refractivity contribution in [1.82, 2.24) is 5.43 Å². The number of ether oxygens (including phenoxy) is 2. The number of rotatable bonds is 10. The second kappa shape index (κ2) is 10.4. The summed E-state index contributed by atoms with van der Waals surface area (Å²) in [7, 11) is 1.32. The molecule has 2 aromatic carbocycles. The third-order valence-electron chi connectivity index (χ3n) is 4.20.